The van der Waals surface area contributed by atoms with Crippen LogP contribution in [0.3, 0.4) is 0 Å². The Bertz CT molecular complexity index is 633. The van der Waals surface area contributed by atoms with E-state index in [1.165, 1.54) is 5.56 Å². The van der Waals surface area contributed by atoms with Gasteiger partial charge in [-0.25, -0.2) is 0 Å². The molecule has 0 saturated carbocycles. The third kappa shape index (κ3) is 2.97. The molecule has 3 rings (SSSR count). The number of aryl methyl sites for hydroxylation is 1. The number of likely N-dealkylation sites (tertiary alicyclic amines) is 1. The largest absolute Gasteiger partial charge is 0.480 e. The average Bonchev–Trinajstić information content (AvgIpc) is 3.09. The minimum atomic E-state index is -0.759. The van der Waals surface area contributed by atoms with Crippen molar-refractivity contribution in [2.24, 2.45) is 0 Å². The molecule has 110 valence electrons. The zero-order valence-corrected chi connectivity index (χ0v) is 12.0. The van der Waals surface area contributed by atoms with Crippen LogP contribution in [0.25, 0.3) is 11.3 Å². The van der Waals surface area contributed by atoms with E-state index in [1.807, 2.05) is 42.2 Å². The molecule has 1 aromatic heterocycles. The van der Waals surface area contributed by atoms with Gasteiger partial charge in [0.1, 0.15) is 11.7 Å². The van der Waals surface area contributed by atoms with Crippen molar-refractivity contribution in [3.05, 3.63) is 41.7 Å². The van der Waals surface area contributed by atoms with Crippen LogP contribution in [0.2, 0.25) is 0 Å². The predicted octanol–water partition coefficient (Wildman–Crippen LogP) is 2.70. The SMILES string of the molecule is Cc1ccc(-c2cc(CN3CCCC3C(=O)O)on2)cc1. The Hall–Kier alpha value is -2.14. The third-order valence-corrected chi connectivity index (χ3v) is 3.91. The second kappa shape index (κ2) is 5.69. The maximum Gasteiger partial charge on any atom is 0.320 e. The average molecular weight is 286 g/mol. The molecule has 0 bridgehead atoms. The van der Waals surface area contributed by atoms with E-state index in [-0.39, 0.29) is 0 Å². The number of aromatic nitrogens is 1. The van der Waals surface area contributed by atoms with Gasteiger partial charge in [0.15, 0.2) is 5.76 Å². The molecular formula is C16H18N2O3. The molecule has 0 amide bonds. The van der Waals surface area contributed by atoms with Crippen molar-refractivity contribution in [1.29, 1.82) is 0 Å². The first-order chi connectivity index (χ1) is 10.1. The summed E-state index contributed by atoms with van der Waals surface area (Å²) in [7, 11) is 0. The molecule has 2 heterocycles. The normalized spacial score (nSPS) is 19.0. The standard InChI is InChI=1S/C16H18N2O3/c1-11-4-6-12(7-5-11)14-9-13(21-17-14)10-18-8-2-3-15(18)16(19)20/h4-7,9,15H,2-3,8,10H2,1H3,(H,19,20). The van der Waals surface area contributed by atoms with E-state index < -0.39 is 12.0 Å². The van der Waals surface area contributed by atoms with Crippen molar-refractivity contribution < 1.29 is 14.4 Å². The fourth-order valence-electron chi connectivity index (χ4n) is 2.74. The van der Waals surface area contributed by atoms with Crippen molar-refractivity contribution >= 4 is 5.97 Å². The van der Waals surface area contributed by atoms with Gasteiger partial charge in [-0.1, -0.05) is 35.0 Å². The van der Waals surface area contributed by atoms with E-state index in [0.717, 1.165) is 24.2 Å². The van der Waals surface area contributed by atoms with Crippen molar-refractivity contribution in [3.63, 3.8) is 0 Å². The van der Waals surface area contributed by atoms with Gasteiger partial charge in [-0.3, -0.25) is 9.69 Å². The Morgan fingerprint density at radius 3 is 2.90 bits per heavy atom. The second-order valence-corrected chi connectivity index (χ2v) is 5.51. The highest BCUT2D eigenvalue weighted by Gasteiger charge is 2.31. The lowest BCUT2D eigenvalue weighted by Crippen LogP contribution is -2.35. The Morgan fingerprint density at radius 2 is 2.19 bits per heavy atom. The summed E-state index contributed by atoms with van der Waals surface area (Å²) in [5.41, 5.74) is 2.99. The first-order valence-electron chi connectivity index (χ1n) is 7.13. The number of carbonyl (C=O) groups is 1. The molecule has 0 radical (unpaired) electrons. The third-order valence-electron chi connectivity index (χ3n) is 3.91. The molecule has 1 aliphatic heterocycles. The second-order valence-electron chi connectivity index (χ2n) is 5.51. The highest BCUT2D eigenvalue weighted by molar-refractivity contribution is 5.73. The van der Waals surface area contributed by atoms with Gasteiger partial charge in [-0.15, -0.1) is 0 Å². The molecule has 2 aromatic rings. The quantitative estimate of drug-likeness (QED) is 0.936. The summed E-state index contributed by atoms with van der Waals surface area (Å²) in [5.74, 6) is -0.0514. The molecule has 5 nitrogen and oxygen atoms in total. The summed E-state index contributed by atoms with van der Waals surface area (Å²) in [4.78, 5) is 13.1. The topological polar surface area (TPSA) is 66.6 Å². The van der Waals surface area contributed by atoms with E-state index in [1.54, 1.807) is 0 Å². The molecule has 0 spiro atoms. The van der Waals surface area contributed by atoms with Gasteiger partial charge in [0.2, 0.25) is 0 Å². The maximum atomic E-state index is 11.2. The Balaban J connectivity index is 1.73. The Morgan fingerprint density at radius 1 is 1.43 bits per heavy atom. The number of nitrogens with zero attached hydrogens (tertiary/aromatic N) is 2. The van der Waals surface area contributed by atoms with Crippen LogP contribution in [0.4, 0.5) is 0 Å². The number of carboxylic acid groups (broad SMARTS) is 1. The molecule has 0 aliphatic carbocycles. The van der Waals surface area contributed by atoms with Crippen LogP contribution in [-0.2, 0) is 11.3 Å². The van der Waals surface area contributed by atoms with Crippen LogP contribution in [0.1, 0.15) is 24.2 Å². The van der Waals surface area contributed by atoms with Gasteiger partial charge in [0.05, 0.1) is 6.54 Å². The van der Waals surface area contributed by atoms with E-state index in [0.29, 0.717) is 18.7 Å². The van der Waals surface area contributed by atoms with Gasteiger partial charge in [-0.2, -0.15) is 0 Å². The Kier molecular flexibility index (Phi) is 3.75. The summed E-state index contributed by atoms with van der Waals surface area (Å²) in [6.45, 7) is 3.32. The predicted molar refractivity (Wildman–Crippen MR) is 77.7 cm³/mol. The number of aliphatic carboxylic acids is 1. The van der Waals surface area contributed by atoms with Gasteiger partial charge in [-0.05, 0) is 26.3 Å². The van der Waals surface area contributed by atoms with Crippen LogP contribution in [0.5, 0.6) is 0 Å². The molecule has 1 aliphatic rings. The van der Waals surface area contributed by atoms with Gasteiger partial charge >= 0.3 is 5.97 Å². The van der Waals surface area contributed by atoms with E-state index in [2.05, 4.69) is 5.16 Å². The minimum Gasteiger partial charge on any atom is -0.480 e. The van der Waals surface area contributed by atoms with Crippen LogP contribution >= 0.6 is 0 Å². The van der Waals surface area contributed by atoms with Crippen LogP contribution in [0, 0.1) is 6.92 Å². The lowest BCUT2D eigenvalue weighted by Gasteiger charge is -2.18. The van der Waals surface area contributed by atoms with E-state index >= 15 is 0 Å². The lowest BCUT2D eigenvalue weighted by molar-refractivity contribution is -0.142. The molecule has 1 N–H and O–H groups in total. The first-order valence-corrected chi connectivity index (χ1v) is 7.13. The number of benzene rings is 1. The monoisotopic (exact) mass is 286 g/mol. The highest BCUT2D eigenvalue weighted by atomic mass is 16.5. The molecule has 1 saturated heterocycles. The zero-order chi connectivity index (χ0) is 14.8. The fourth-order valence-corrected chi connectivity index (χ4v) is 2.74. The maximum absolute atomic E-state index is 11.2. The fraction of sp³-hybridized carbons (Fsp3) is 0.375. The van der Waals surface area contributed by atoms with Crippen LogP contribution < -0.4 is 0 Å². The molecule has 5 heteroatoms. The number of hydrogen-bond acceptors (Lipinski definition) is 4. The van der Waals surface area contributed by atoms with Gasteiger partial charge in [0, 0.05) is 11.6 Å². The summed E-state index contributed by atoms with van der Waals surface area (Å²) < 4.78 is 5.35. The minimum absolute atomic E-state index is 0.405. The number of carboxylic acids is 1. The molecule has 1 atom stereocenters. The Labute approximate surface area is 123 Å². The number of hydrogen-bond donors (Lipinski definition) is 1. The summed E-state index contributed by atoms with van der Waals surface area (Å²) in [5, 5.41) is 13.3. The lowest BCUT2D eigenvalue weighted by atomic mass is 10.1. The van der Waals surface area contributed by atoms with Crippen molar-refractivity contribution in [2.75, 3.05) is 6.54 Å². The smallest absolute Gasteiger partial charge is 0.320 e. The van der Waals surface area contributed by atoms with Crippen molar-refractivity contribution in [2.45, 2.75) is 32.4 Å². The van der Waals surface area contributed by atoms with E-state index in [4.69, 9.17) is 4.52 Å². The zero-order valence-electron chi connectivity index (χ0n) is 12.0. The van der Waals surface area contributed by atoms with Gasteiger partial charge < -0.3 is 9.63 Å². The van der Waals surface area contributed by atoms with Crippen LogP contribution in [0.15, 0.2) is 34.9 Å². The van der Waals surface area contributed by atoms with Crippen LogP contribution in [-0.4, -0.2) is 33.7 Å². The molecule has 1 unspecified atom stereocenters. The molecular weight excluding hydrogens is 268 g/mol. The van der Waals surface area contributed by atoms with E-state index in [9.17, 15) is 9.90 Å². The number of rotatable bonds is 4. The summed E-state index contributed by atoms with van der Waals surface area (Å²) in [6.07, 6.45) is 1.62. The van der Waals surface area contributed by atoms with Crippen molar-refractivity contribution in [3.8, 4) is 11.3 Å². The highest BCUT2D eigenvalue weighted by Crippen LogP contribution is 2.23. The first kappa shape index (κ1) is 13.8. The molecule has 21 heavy (non-hydrogen) atoms. The summed E-state index contributed by atoms with van der Waals surface area (Å²) in [6, 6.07) is 9.56. The van der Waals surface area contributed by atoms with Gasteiger partial charge in [0.25, 0.3) is 0 Å². The summed E-state index contributed by atoms with van der Waals surface area (Å²) >= 11 is 0. The molecule has 1 aromatic carbocycles. The molecule has 1 fully saturated rings. The van der Waals surface area contributed by atoms with Crippen molar-refractivity contribution in [1.82, 2.24) is 10.1 Å².